The molecular formula is C16H29O3P. The SMILES string of the molecule is Cc1cc(C(C)(C)C)cc(C(C)(C)C)c1P(C)(O)(O)O. The molecule has 0 heterocycles. The summed E-state index contributed by atoms with van der Waals surface area (Å²) in [4.78, 5) is 30.6. The molecule has 0 spiro atoms. The standard InChI is InChI=1S/C16H29O3P/c1-11-9-12(15(2,3)4)10-13(16(5,6)7)14(11)20(8,17,18)19/h9-10,17-19H,1-8H3. The Bertz CT molecular complexity index is 516. The molecule has 0 aliphatic rings. The van der Waals surface area contributed by atoms with Gasteiger partial charge in [0.2, 0.25) is 0 Å². The Morgan fingerprint density at radius 1 is 0.850 bits per heavy atom. The summed E-state index contributed by atoms with van der Waals surface area (Å²) < 4.78 is 0. The maximum absolute atomic E-state index is 10.2. The second-order valence-electron chi connectivity index (χ2n) is 8.08. The van der Waals surface area contributed by atoms with Gasteiger partial charge in [-0.25, -0.2) is 0 Å². The van der Waals surface area contributed by atoms with Gasteiger partial charge in [-0.1, -0.05) is 0 Å². The second kappa shape index (κ2) is 4.51. The van der Waals surface area contributed by atoms with Gasteiger partial charge < -0.3 is 0 Å². The Balaban J connectivity index is 3.80. The predicted octanol–water partition coefficient (Wildman–Crippen LogP) is 3.12. The molecule has 1 aromatic rings. The average Bonchev–Trinajstić information content (AvgIpc) is 2.09. The molecular weight excluding hydrogens is 271 g/mol. The second-order valence-corrected chi connectivity index (χ2v) is 11.3. The van der Waals surface area contributed by atoms with Crippen molar-refractivity contribution in [2.75, 3.05) is 6.66 Å². The molecule has 0 fully saturated rings. The summed E-state index contributed by atoms with van der Waals surface area (Å²) in [5.41, 5.74) is 2.34. The summed E-state index contributed by atoms with van der Waals surface area (Å²) in [6.07, 6.45) is 0. The molecule has 0 aliphatic carbocycles. The van der Waals surface area contributed by atoms with Crippen LogP contribution in [-0.2, 0) is 10.8 Å². The van der Waals surface area contributed by atoms with Gasteiger partial charge in [0.15, 0.2) is 0 Å². The molecule has 4 heteroatoms. The van der Waals surface area contributed by atoms with Crippen LogP contribution in [0.4, 0.5) is 0 Å². The fourth-order valence-corrected chi connectivity index (χ4v) is 4.33. The van der Waals surface area contributed by atoms with Crippen LogP contribution in [0.2, 0.25) is 0 Å². The van der Waals surface area contributed by atoms with E-state index in [0.29, 0.717) is 5.30 Å². The van der Waals surface area contributed by atoms with Crippen molar-refractivity contribution in [1.82, 2.24) is 0 Å². The molecule has 0 amide bonds. The number of rotatable bonds is 1. The van der Waals surface area contributed by atoms with Crippen molar-refractivity contribution in [3.05, 3.63) is 28.8 Å². The van der Waals surface area contributed by atoms with E-state index in [-0.39, 0.29) is 10.8 Å². The summed E-state index contributed by atoms with van der Waals surface area (Å²) >= 11 is 0. The molecule has 0 aromatic heterocycles. The number of aryl methyl sites for hydroxylation is 1. The Morgan fingerprint density at radius 3 is 1.60 bits per heavy atom. The monoisotopic (exact) mass is 300 g/mol. The van der Waals surface area contributed by atoms with Gasteiger partial charge in [-0.3, -0.25) is 0 Å². The molecule has 116 valence electrons. The van der Waals surface area contributed by atoms with Crippen LogP contribution in [-0.4, -0.2) is 21.3 Å². The molecule has 0 bridgehead atoms. The van der Waals surface area contributed by atoms with Crippen molar-refractivity contribution < 1.29 is 14.7 Å². The van der Waals surface area contributed by atoms with Crippen LogP contribution < -0.4 is 5.30 Å². The van der Waals surface area contributed by atoms with E-state index in [2.05, 4.69) is 20.8 Å². The van der Waals surface area contributed by atoms with Gasteiger partial charge in [0.05, 0.1) is 0 Å². The van der Waals surface area contributed by atoms with Crippen LogP contribution in [0.15, 0.2) is 12.1 Å². The van der Waals surface area contributed by atoms with Crippen molar-refractivity contribution in [2.45, 2.75) is 59.3 Å². The van der Waals surface area contributed by atoms with Crippen molar-refractivity contribution in [1.29, 1.82) is 0 Å². The van der Waals surface area contributed by atoms with Crippen LogP contribution in [0.25, 0.3) is 0 Å². The van der Waals surface area contributed by atoms with E-state index in [1.165, 1.54) is 0 Å². The van der Waals surface area contributed by atoms with Crippen LogP contribution >= 0.6 is 7.28 Å². The topological polar surface area (TPSA) is 60.7 Å². The van der Waals surface area contributed by atoms with Gasteiger partial charge >= 0.3 is 122 Å². The summed E-state index contributed by atoms with van der Waals surface area (Å²) in [6.45, 7) is 15.4. The van der Waals surface area contributed by atoms with Crippen molar-refractivity contribution in [2.24, 2.45) is 0 Å². The fourth-order valence-electron chi connectivity index (χ4n) is 2.48. The Labute approximate surface area is 122 Å². The molecule has 0 radical (unpaired) electrons. The predicted molar refractivity (Wildman–Crippen MR) is 87.7 cm³/mol. The first-order valence-electron chi connectivity index (χ1n) is 6.93. The number of benzene rings is 1. The molecule has 3 nitrogen and oxygen atoms in total. The molecule has 0 saturated heterocycles. The van der Waals surface area contributed by atoms with Gasteiger partial charge in [0.1, 0.15) is 0 Å². The Hall–Kier alpha value is -0.470. The zero-order chi connectivity index (χ0) is 16.2. The average molecular weight is 300 g/mol. The first-order chi connectivity index (χ1) is 8.50. The fraction of sp³-hybridized carbons (Fsp3) is 0.625. The summed E-state index contributed by atoms with van der Waals surface area (Å²) in [7, 11) is -4.79. The Kier molecular flexibility index (Phi) is 3.97. The molecule has 0 saturated carbocycles. The van der Waals surface area contributed by atoms with Gasteiger partial charge in [-0.2, -0.15) is 0 Å². The van der Waals surface area contributed by atoms with Crippen LogP contribution in [0, 0.1) is 6.92 Å². The summed E-state index contributed by atoms with van der Waals surface area (Å²) in [5.74, 6) is 0. The first-order valence-corrected chi connectivity index (χ1v) is 9.47. The minimum absolute atomic E-state index is 0.0339. The quantitative estimate of drug-likeness (QED) is 0.698. The maximum atomic E-state index is 10.2. The van der Waals surface area contributed by atoms with E-state index in [1.54, 1.807) is 0 Å². The van der Waals surface area contributed by atoms with Crippen LogP contribution in [0.3, 0.4) is 0 Å². The summed E-state index contributed by atoms with van der Waals surface area (Å²) in [6, 6.07) is 3.94. The zero-order valence-corrected chi connectivity index (χ0v) is 14.8. The molecule has 3 N–H and O–H groups in total. The molecule has 0 aliphatic heterocycles. The zero-order valence-electron chi connectivity index (χ0n) is 13.9. The van der Waals surface area contributed by atoms with Crippen molar-refractivity contribution >= 4 is 12.6 Å². The van der Waals surface area contributed by atoms with E-state index < -0.39 is 7.28 Å². The third kappa shape index (κ3) is 3.79. The third-order valence-corrected chi connectivity index (χ3v) is 5.14. The van der Waals surface area contributed by atoms with Gasteiger partial charge in [0, 0.05) is 0 Å². The van der Waals surface area contributed by atoms with Gasteiger partial charge in [-0.15, -0.1) is 0 Å². The van der Waals surface area contributed by atoms with Crippen molar-refractivity contribution in [3.8, 4) is 0 Å². The molecule has 1 aromatic carbocycles. The van der Waals surface area contributed by atoms with Gasteiger partial charge in [0.25, 0.3) is 0 Å². The molecule has 0 atom stereocenters. The van der Waals surface area contributed by atoms with Crippen LogP contribution in [0.5, 0.6) is 0 Å². The summed E-state index contributed by atoms with van der Waals surface area (Å²) in [5, 5.41) is 0.302. The van der Waals surface area contributed by atoms with Crippen LogP contribution in [0.1, 0.15) is 58.2 Å². The minimum atomic E-state index is -4.79. The van der Waals surface area contributed by atoms with E-state index in [1.807, 2.05) is 39.8 Å². The van der Waals surface area contributed by atoms with Crippen molar-refractivity contribution in [3.63, 3.8) is 0 Å². The Morgan fingerprint density at radius 2 is 1.30 bits per heavy atom. The van der Waals surface area contributed by atoms with E-state index in [9.17, 15) is 14.7 Å². The molecule has 20 heavy (non-hydrogen) atoms. The normalized spacial score (nSPS) is 15.8. The first kappa shape index (κ1) is 17.6. The van der Waals surface area contributed by atoms with Gasteiger partial charge in [-0.05, 0) is 0 Å². The number of hydrogen-bond donors (Lipinski definition) is 3. The molecule has 1 rings (SSSR count). The molecule has 0 unspecified atom stereocenters. The van der Waals surface area contributed by atoms with E-state index in [4.69, 9.17) is 0 Å². The third-order valence-electron chi connectivity index (χ3n) is 3.50. The van der Waals surface area contributed by atoms with E-state index in [0.717, 1.165) is 23.4 Å². The number of hydrogen-bond acceptors (Lipinski definition) is 3. The van der Waals surface area contributed by atoms with E-state index >= 15 is 0 Å².